The molecule has 2 aliphatic carbocycles. The summed E-state index contributed by atoms with van der Waals surface area (Å²) in [4.78, 5) is 0. The van der Waals surface area contributed by atoms with Crippen LogP contribution in [0.4, 0.5) is 0 Å². The predicted octanol–water partition coefficient (Wildman–Crippen LogP) is 11.7. The SMILES string of the molecule is Brc1cccc2cccc(-c3ccc4c(c3)C3(CCCC3)c3cc(-c5cccc6cccc(Br)c56)ccc3-4)c12. The van der Waals surface area contributed by atoms with Gasteiger partial charge < -0.3 is 0 Å². The minimum Gasteiger partial charge on any atom is -0.0610 e. The van der Waals surface area contributed by atoms with E-state index in [1.165, 1.54) is 91.7 Å². The van der Waals surface area contributed by atoms with Crippen LogP contribution in [0, 0.1) is 0 Å². The Balaban J connectivity index is 1.33. The number of rotatable bonds is 2. The lowest BCUT2D eigenvalue weighted by molar-refractivity contribution is 0.550. The van der Waals surface area contributed by atoms with Crippen LogP contribution in [-0.2, 0) is 5.41 Å². The lowest BCUT2D eigenvalue weighted by Gasteiger charge is -2.27. The summed E-state index contributed by atoms with van der Waals surface area (Å²) in [7, 11) is 0. The van der Waals surface area contributed by atoms with Crippen molar-refractivity contribution in [3.8, 4) is 33.4 Å². The van der Waals surface area contributed by atoms with Crippen LogP contribution in [-0.4, -0.2) is 0 Å². The Morgan fingerprint density at radius 2 is 0.897 bits per heavy atom. The van der Waals surface area contributed by atoms with Crippen molar-refractivity contribution in [2.45, 2.75) is 31.1 Å². The fourth-order valence-electron chi connectivity index (χ4n) is 7.42. The third-order valence-corrected chi connectivity index (χ3v) is 10.5. The van der Waals surface area contributed by atoms with Crippen molar-refractivity contribution in [2.75, 3.05) is 0 Å². The van der Waals surface area contributed by atoms with E-state index in [-0.39, 0.29) is 5.41 Å². The number of halogens is 2. The van der Waals surface area contributed by atoms with Crippen molar-refractivity contribution in [1.82, 2.24) is 0 Å². The summed E-state index contributed by atoms with van der Waals surface area (Å²) in [6.07, 6.45) is 5.01. The molecule has 1 saturated carbocycles. The molecule has 1 fully saturated rings. The van der Waals surface area contributed by atoms with E-state index >= 15 is 0 Å². The minimum absolute atomic E-state index is 0.0975. The molecule has 0 saturated heterocycles. The molecule has 0 atom stereocenters. The van der Waals surface area contributed by atoms with E-state index in [1.807, 2.05) is 0 Å². The average Bonchev–Trinajstić information content (AvgIpc) is 3.57. The van der Waals surface area contributed by atoms with E-state index in [1.54, 1.807) is 0 Å². The Labute approximate surface area is 246 Å². The first-order chi connectivity index (χ1) is 19.1. The van der Waals surface area contributed by atoms with E-state index < -0.39 is 0 Å². The summed E-state index contributed by atoms with van der Waals surface area (Å²) in [5, 5.41) is 5.12. The minimum atomic E-state index is 0.0975. The van der Waals surface area contributed by atoms with Crippen LogP contribution >= 0.6 is 31.9 Å². The van der Waals surface area contributed by atoms with Gasteiger partial charge in [0.25, 0.3) is 0 Å². The smallest absolute Gasteiger partial charge is 0.0259 e. The molecule has 0 unspecified atom stereocenters. The topological polar surface area (TPSA) is 0 Å². The fourth-order valence-corrected chi connectivity index (χ4v) is 8.61. The lowest BCUT2D eigenvalue weighted by atomic mass is 9.75. The summed E-state index contributed by atoms with van der Waals surface area (Å²) < 4.78 is 2.31. The maximum Gasteiger partial charge on any atom is 0.0259 e. The van der Waals surface area contributed by atoms with Crippen LogP contribution in [0.25, 0.3) is 54.9 Å². The monoisotopic (exact) mass is 628 g/mol. The summed E-state index contributed by atoms with van der Waals surface area (Å²) in [6, 6.07) is 40.8. The van der Waals surface area contributed by atoms with Crippen LogP contribution in [0.5, 0.6) is 0 Å². The first-order valence-corrected chi connectivity index (χ1v) is 15.4. The van der Waals surface area contributed by atoms with Gasteiger partial charge >= 0.3 is 0 Å². The third kappa shape index (κ3) is 3.47. The zero-order valence-corrected chi connectivity index (χ0v) is 24.6. The van der Waals surface area contributed by atoms with Gasteiger partial charge in [-0.3, -0.25) is 0 Å². The molecule has 188 valence electrons. The molecule has 6 aromatic carbocycles. The quantitative estimate of drug-likeness (QED) is 0.179. The summed E-state index contributed by atoms with van der Waals surface area (Å²) in [5.41, 5.74) is 11.2. The van der Waals surface area contributed by atoms with Crippen LogP contribution < -0.4 is 0 Å². The molecule has 6 aromatic rings. The zero-order chi connectivity index (χ0) is 26.1. The summed E-state index contributed by atoms with van der Waals surface area (Å²) >= 11 is 7.68. The highest BCUT2D eigenvalue weighted by Crippen LogP contribution is 2.58. The maximum atomic E-state index is 3.84. The fraction of sp³-hybridized carbons (Fsp3) is 0.135. The Bertz CT molecular complexity index is 1790. The lowest BCUT2D eigenvalue weighted by Crippen LogP contribution is -2.20. The predicted molar refractivity (Wildman–Crippen MR) is 172 cm³/mol. The molecule has 1 spiro atoms. The van der Waals surface area contributed by atoms with Crippen molar-refractivity contribution in [3.05, 3.63) is 129 Å². The van der Waals surface area contributed by atoms with Crippen molar-refractivity contribution in [1.29, 1.82) is 0 Å². The average molecular weight is 630 g/mol. The van der Waals surface area contributed by atoms with Crippen LogP contribution in [0.1, 0.15) is 36.8 Å². The Morgan fingerprint density at radius 1 is 0.462 bits per heavy atom. The van der Waals surface area contributed by atoms with Gasteiger partial charge in [0.1, 0.15) is 0 Å². The Hall–Kier alpha value is -3.20. The second-order valence-corrected chi connectivity index (χ2v) is 12.8. The molecule has 0 N–H and O–H groups in total. The molecule has 0 aromatic heterocycles. The molecule has 0 bridgehead atoms. The van der Waals surface area contributed by atoms with Gasteiger partial charge in [-0.15, -0.1) is 0 Å². The van der Waals surface area contributed by atoms with Gasteiger partial charge in [-0.05, 0) is 92.4 Å². The van der Waals surface area contributed by atoms with Gasteiger partial charge in [0.15, 0.2) is 0 Å². The van der Waals surface area contributed by atoms with E-state index in [2.05, 4.69) is 141 Å². The molecular weight excluding hydrogens is 604 g/mol. The molecule has 0 aliphatic heterocycles. The van der Waals surface area contributed by atoms with E-state index in [4.69, 9.17) is 0 Å². The van der Waals surface area contributed by atoms with E-state index in [0.29, 0.717) is 0 Å². The molecule has 2 aliphatic rings. The van der Waals surface area contributed by atoms with E-state index in [0.717, 1.165) is 8.95 Å². The molecule has 0 heterocycles. The van der Waals surface area contributed by atoms with E-state index in [9.17, 15) is 0 Å². The van der Waals surface area contributed by atoms with Crippen LogP contribution in [0.3, 0.4) is 0 Å². The zero-order valence-electron chi connectivity index (χ0n) is 21.5. The summed E-state index contributed by atoms with van der Waals surface area (Å²) in [5.74, 6) is 0. The van der Waals surface area contributed by atoms with Gasteiger partial charge in [0, 0.05) is 25.1 Å². The van der Waals surface area contributed by atoms with Gasteiger partial charge in [-0.25, -0.2) is 0 Å². The second kappa shape index (κ2) is 8.91. The molecule has 0 radical (unpaired) electrons. The highest BCUT2D eigenvalue weighted by molar-refractivity contribution is 9.11. The first-order valence-electron chi connectivity index (χ1n) is 13.8. The first kappa shape index (κ1) is 23.7. The van der Waals surface area contributed by atoms with Crippen molar-refractivity contribution < 1.29 is 0 Å². The Kier molecular flexibility index (Phi) is 5.41. The Morgan fingerprint density at radius 3 is 1.36 bits per heavy atom. The molecular formula is C37H26Br2. The maximum absolute atomic E-state index is 3.84. The van der Waals surface area contributed by atoms with Crippen molar-refractivity contribution >= 4 is 53.4 Å². The number of benzene rings is 6. The molecule has 2 heteroatoms. The highest BCUT2D eigenvalue weighted by atomic mass is 79.9. The van der Waals surface area contributed by atoms with Gasteiger partial charge in [0.2, 0.25) is 0 Å². The number of fused-ring (bicyclic) bond motifs is 7. The van der Waals surface area contributed by atoms with Crippen LogP contribution in [0.2, 0.25) is 0 Å². The van der Waals surface area contributed by atoms with Gasteiger partial charge in [0.05, 0.1) is 0 Å². The second-order valence-electron chi connectivity index (χ2n) is 11.1. The number of hydrogen-bond acceptors (Lipinski definition) is 0. The molecule has 39 heavy (non-hydrogen) atoms. The van der Waals surface area contributed by atoms with Crippen LogP contribution in [0.15, 0.2) is 118 Å². The van der Waals surface area contributed by atoms with Gasteiger partial charge in [-0.2, -0.15) is 0 Å². The summed E-state index contributed by atoms with van der Waals surface area (Å²) in [6.45, 7) is 0. The largest absolute Gasteiger partial charge is 0.0610 e. The van der Waals surface area contributed by atoms with Gasteiger partial charge in [-0.1, -0.05) is 130 Å². The third-order valence-electron chi connectivity index (χ3n) is 9.15. The molecule has 0 nitrogen and oxygen atoms in total. The number of hydrogen-bond donors (Lipinski definition) is 0. The normalized spacial score (nSPS) is 15.2. The molecule has 8 rings (SSSR count). The van der Waals surface area contributed by atoms with Crippen molar-refractivity contribution in [3.63, 3.8) is 0 Å². The van der Waals surface area contributed by atoms with Crippen molar-refractivity contribution in [2.24, 2.45) is 0 Å². The standard InChI is InChI=1S/C37H26Br2/c38-33-13-5-9-23-7-3-11-27(35(23)33)25-15-17-29-30-18-16-26(22-32(30)37(31(29)21-25)19-1-2-20-37)28-12-4-8-24-10-6-14-34(39)36(24)28/h3-18,21-22H,1-2,19-20H2. The molecule has 0 amide bonds. The highest BCUT2D eigenvalue weighted by Gasteiger charge is 2.45.